The molecule has 0 radical (unpaired) electrons. The molecule has 0 saturated carbocycles. The van der Waals surface area contributed by atoms with Crippen molar-refractivity contribution in [1.29, 1.82) is 0 Å². The largest absolute Gasteiger partial charge is 0.450 e. The molecule has 0 saturated heterocycles. The Morgan fingerprint density at radius 1 is 1.40 bits per heavy atom. The van der Waals surface area contributed by atoms with Crippen LogP contribution in [0.2, 0.25) is 0 Å². The molecule has 7 nitrogen and oxygen atoms in total. The summed E-state index contributed by atoms with van der Waals surface area (Å²) in [6.07, 6.45) is -0.788. The molecule has 0 atom stereocenters. The maximum absolute atomic E-state index is 12.4. The Kier molecular flexibility index (Phi) is 5.51. The molecule has 0 aliphatic heterocycles. The first kappa shape index (κ1) is 17.6. The maximum atomic E-state index is 12.4. The molecular weight excluding hydrogens is 382 g/mol. The number of aromatic amines is 1. The Bertz CT molecular complexity index is 962. The van der Waals surface area contributed by atoms with E-state index in [-0.39, 0.29) is 17.9 Å². The van der Waals surface area contributed by atoms with Gasteiger partial charge in [0.05, 0.1) is 17.7 Å². The highest BCUT2D eigenvalue weighted by Gasteiger charge is 2.15. The lowest BCUT2D eigenvalue weighted by molar-refractivity contribution is -0.117. The smallest absolute Gasteiger partial charge is 0.413 e. The van der Waals surface area contributed by atoms with Gasteiger partial charge in [-0.25, -0.2) is 9.78 Å². The van der Waals surface area contributed by atoms with Crippen molar-refractivity contribution in [2.45, 2.75) is 12.1 Å². The number of carbonyl (C=O) groups excluding carboxylic acids is 2. The zero-order valence-electron chi connectivity index (χ0n) is 13.0. The molecular formula is C15H13N3O4S3. The lowest BCUT2D eigenvalue weighted by Crippen LogP contribution is -2.32. The maximum Gasteiger partial charge on any atom is 0.413 e. The van der Waals surface area contributed by atoms with Gasteiger partial charge in [-0.2, -0.15) is 0 Å². The van der Waals surface area contributed by atoms with Gasteiger partial charge in [-0.1, -0.05) is 17.8 Å². The van der Waals surface area contributed by atoms with Crippen molar-refractivity contribution in [1.82, 2.24) is 15.3 Å². The SMILES string of the molecule is CCOC(=O)NC(=O)CSc1nc2scc(-c3cccs3)c2c(=O)[nH]1. The lowest BCUT2D eigenvalue weighted by Gasteiger charge is -2.04. The molecule has 0 fully saturated rings. The van der Waals surface area contributed by atoms with Gasteiger partial charge < -0.3 is 9.72 Å². The van der Waals surface area contributed by atoms with Crippen LogP contribution in [0.15, 0.2) is 32.8 Å². The first-order chi connectivity index (χ1) is 12.1. The van der Waals surface area contributed by atoms with E-state index in [0.29, 0.717) is 15.4 Å². The summed E-state index contributed by atoms with van der Waals surface area (Å²) >= 11 is 3.98. The molecule has 0 aliphatic carbocycles. The van der Waals surface area contributed by atoms with Gasteiger partial charge in [0, 0.05) is 15.8 Å². The molecule has 2 N–H and O–H groups in total. The number of amides is 2. The molecule has 3 heterocycles. The Hall–Kier alpha value is -2.17. The third-order valence-corrected chi connectivity index (χ3v) is 5.71. The second-order valence-corrected chi connectivity index (χ2v) is 7.51. The minimum atomic E-state index is -0.788. The average Bonchev–Trinajstić information content (AvgIpc) is 3.22. The van der Waals surface area contributed by atoms with Crippen LogP contribution in [0.5, 0.6) is 0 Å². The lowest BCUT2D eigenvalue weighted by atomic mass is 10.2. The van der Waals surface area contributed by atoms with Crippen LogP contribution in [0.4, 0.5) is 4.79 Å². The van der Waals surface area contributed by atoms with E-state index in [1.165, 1.54) is 11.3 Å². The summed E-state index contributed by atoms with van der Waals surface area (Å²) in [5.41, 5.74) is 0.614. The van der Waals surface area contributed by atoms with Crippen molar-refractivity contribution in [3.05, 3.63) is 33.2 Å². The molecule has 0 spiro atoms. The van der Waals surface area contributed by atoms with Gasteiger partial charge in [0.15, 0.2) is 5.16 Å². The van der Waals surface area contributed by atoms with Gasteiger partial charge in [-0.15, -0.1) is 22.7 Å². The second kappa shape index (κ2) is 7.81. The van der Waals surface area contributed by atoms with Crippen molar-refractivity contribution in [3.8, 4) is 10.4 Å². The van der Waals surface area contributed by atoms with E-state index in [0.717, 1.165) is 22.2 Å². The van der Waals surface area contributed by atoms with Gasteiger partial charge in [-0.05, 0) is 18.4 Å². The summed E-state index contributed by atoms with van der Waals surface area (Å²) in [5, 5.41) is 6.82. The number of fused-ring (bicyclic) bond motifs is 1. The molecule has 2 amide bonds. The molecule has 0 bridgehead atoms. The molecule has 25 heavy (non-hydrogen) atoms. The molecule has 130 valence electrons. The fourth-order valence-electron chi connectivity index (χ4n) is 2.06. The Balaban J connectivity index is 1.75. The first-order valence-electron chi connectivity index (χ1n) is 7.23. The van der Waals surface area contributed by atoms with Gasteiger partial charge in [0.2, 0.25) is 5.91 Å². The van der Waals surface area contributed by atoms with Gasteiger partial charge in [-0.3, -0.25) is 14.9 Å². The number of hydrogen-bond donors (Lipinski definition) is 2. The molecule has 3 aromatic heterocycles. The van der Waals surface area contributed by atoms with Crippen molar-refractivity contribution >= 4 is 56.7 Å². The van der Waals surface area contributed by atoms with E-state index in [9.17, 15) is 14.4 Å². The van der Waals surface area contributed by atoms with Crippen molar-refractivity contribution in [2.24, 2.45) is 0 Å². The fourth-order valence-corrected chi connectivity index (χ4v) is 4.54. The number of H-pyrrole nitrogens is 1. The number of aromatic nitrogens is 2. The molecule has 0 unspecified atom stereocenters. The predicted molar refractivity (Wildman–Crippen MR) is 99.4 cm³/mol. The van der Waals surface area contributed by atoms with Crippen LogP contribution in [0.1, 0.15) is 6.92 Å². The number of rotatable bonds is 5. The summed E-state index contributed by atoms with van der Waals surface area (Å²) in [7, 11) is 0. The number of nitrogens with one attached hydrogen (secondary N) is 2. The Morgan fingerprint density at radius 3 is 2.96 bits per heavy atom. The van der Waals surface area contributed by atoms with E-state index >= 15 is 0 Å². The van der Waals surface area contributed by atoms with Crippen molar-refractivity contribution < 1.29 is 14.3 Å². The standard InChI is InChI=1S/C15H13N3O4S3/c1-2-22-15(21)16-10(19)7-25-14-17-12(20)11-8(6-24-13(11)18-14)9-4-3-5-23-9/h3-6H,2,7H2,1H3,(H,16,19,21)(H,17,18,20). The second-order valence-electron chi connectivity index (χ2n) is 4.74. The topological polar surface area (TPSA) is 101 Å². The van der Waals surface area contributed by atoms with Crippen molar-refractivity contribution in [3.63, 3.8) is 0 Å². The Morgan fingerprint density at radius 2 is 2.24 bits per heavy atom. The highest BCUT2D eigenvalue weighted by atomic mass is 32.2. The van der Waals surface area contributed by atoms with Crippen LogP contribution < -0.4 is 10.9 Å². The zero-order valence-corrected chi connectivity index (χ0v) is 15.5. The quantitative estimate of drug-likeness (QED) is 0.509. The molecule has 10 heteroatoms. The van der Waals surface area contributed by atoms with E-state index in [4.69, 9.17) is 0 Å². The van der Waals surface area contributed by atoms with E-state index in [2.05, 4.69) is 20.0 Å². The van der Waals surface area contributed by atoms with Crippen molar-refractivity contribution in [2.75, 3.05) is 12.4 Å². The minimum absolute atomic E-state index is 0.0591. The zero-order chi connectivity index (χ0) is 17.8. The minimum Gasteiger partial charge on any atom is -0.450 e. The fraction of sp³-hybridized carbons (Fsp3) is 0.200. The monoisotopic (exact) mass is 395 g/mol. The number of imide groups is 1. The third kappa shape index (κ3) is 4.09. The number of carbonyl (C=O) groups is 2. The summed E-state index contributed by atoms with van der Waals surface area (Å²) < 4.78 is 4.63. The van der Waals surface area contributed by atoms with E-state index in [1.807, 2.05) is 22.9 Å². The Labute approximate surface area is 154 Å². The number of thiophene rings is 2. The van der Waals surface area contributed by atoms with Crippen LogP contribution in [0.25, 0.3) is 20.7 Å². The third-order valence-electron chi connectivity index (χ3n) is 3.07. The van der Waals surface area contributed by atoms with Crippen LogP contribution in [-0.4, -0.2) is 34.3 Å². The summed E-state index contributed by atoms with van der Waals surface area (Å²) in [4.78, 5) is 43.9. The van der Waals surface area contributed by atoms with Crippen LogP contribution in [0.3, 0.4) is 0 Å². The molecule has 3 rings (SSSR count). The number of thioether (sulfide) groups is 1. The molecule has 0 aromatic carbocycles. The van der Waals surface area contributed by atoms with Gasteiger partial charge in [0.1, 0.15) is 4.83 Å². The number of alkyl carbamates (subject to hydrolysis) is 1. The molecule has 0 aliphatic rings. The highest BCUT2D eigenvalue weighted by Crippen LogP contribution is 2.33. The number of hydrogen-bond acceptors (Lipinski definition) is 8. The van der Waals surface area contributed by atoms with E-state index in [1.54, 1.807) is 18.3 Å². The van der Waals surface area contributed by atoms with Crippen LogP contribution in [0, 0.1) is 0 Å². The summed E-state index contributed by atoms with van der Waals surface area (Å²) in [5.74, 6) is -0.576. The number of nitrogens with zero attached hydrogens (tertiary/aromatic N) is 1. The normalized spacial score (nSPS) is 10.8. The predicted octanol–water partition coefficient (Wildman–Crippen LogP) is 3.08. The average molecular weight is 395 g/mol. The van der Waals surface area contributed by atoms with Crippen LogP contribution in [-0.2, 0) is 9.53 Å². The first-order valence-corrected chi connectivity index (χ1v) is 9.97. The summed E-state index contributed by atoms with van der Waals surface area (Å²) in [6, 6.07) is 3.88. The molecule has 3 aromatic rings. The summed E-state index contributed by atoms with van der Waals surface area (Å²) in [6.45, 7) is 1.83. The highest BCUT2D eigenvalue weighted by molar-refractivity contribution is 7.99. The van der Waals surface area contributed by atoms with Gasteiger partial charge in [0.25, 0.3) is 5.56 Å². The van der Waals surface area contributed by atoms with E-state index < -0.39 is 12.0 Å². The van der Waals surface area contributed by atoms with Gasteiger partial charge >= 0.3 is 6.09 Å². The van der Waals surface area contributed by atoms with Crippen LogP contribution >= 0.6 is 34.4 Å². The number of ether oxygens (including phenoxy) is 1.